The summed E-state index contributed by atoms with van der Waals surface area (Å²) in [7, 11) is 0. The lowest BCUT2D eigenvalue weighted by molar-refractivity contribution is 0.102. The van der Waals surface area contributed by atoms with Crippen molar-refractivity contribution in [3.63, 3.8) is 0 Å². The van der Waals surface area contributed by atoms with Gasteiger partial charge in [-0.3, -0.25) is 4.79 Å². The number of unbranched alkanes of at least 4 members (excludes halogenated alkanes) is 1. The summed E-state index contributed by atoms with van der Waals surface area (Å²) in [6.07, 6.45) is 2.01. The first-order valence-corrected chi connectivity index (χ1v) is 10.9. The smallest absolute Gasteiger partial charge is 0.260 e. The minimum absolute atomic E-state index is 0.173. The minimum Gasteiger partial charge on any atom is -0.494 e. The predicted molar refractivity (Wildman–Crippen MR) is 125 cm³/mol. The average Bonchev–Trinajstić information content (AvgIpc) is 3.33. The first-order valence-electron chi connectivity index (χ1n) is 10.9. The van der Waals surface area contributed by atoms with E-state index in [0.717, 1.165) is 18.6 Å². The van der Waals surface area contributed by atoms with Crippen LogP contribution < -0.4 is 14.8 Å². The first kappa shape index (κ1) is 22.1. The zero-order valence-corrected chi connectivity index (χ0v) is 18.4. The van der Waals surface area contributed by atoms with Crippen LogP contribution in [0.25, 0.3) is 11.5 Å². The molecule has 0 unspecified atom stereocenters. The molecule has 0 aliphatic carbocycles. The van der Waals surface area contributed by atoms with Crippen LogP contribution in [0.1, 0.15) is 35.9 Å². The molecule has 0 saturated carbocycles. The van der Waals surface area contributed by atoms with Crippen LogP contribution in [-0.4, -0.2) is 22.7 Å². The largest absolute Gasteiger partial charge is 0.494 e. The van der Waals surface area contributed by atoms with Crippen LogP contribution in [0.2, 0.25) is 0 Å². The Bertz CT molecular complexity index is 1190. The number of amides is 1. The molecule has 0 fully saturated rings. The summed E-state index contributed by atoms with van der Waals surface area (Å²) in [6, 6.07) is 23.8. The second kappa shape index (κ2) is 10.9. The van der Waals surface area contributed by atoms with Gasteiger partial charge in [0.2, 0.25) is 5.82 Å². The van der Waals surface area contributed by atoms with Gasteiger partial charge in [-0.25, -0.2) is 0 Å². The molecule has 7 nitrogen and oxygen atoms in total. The van der Waals surface area contributed by atoms with Crippen molar-refractivity contribution in [1.29, 1.82) is 0 Å². The molecule has 4 rings (SSSR count). The van der Waals surface area contributed by atoms with Crippen molar-refractivity contribution < 1.29 is 18.8 Å². The van der Waals surface area contributed by atoms with Gasteiger partial charge in [-0.1, -0.05) is 54.9 Å². The molecular weight excluding hydrogens is 418 g/mol. The number of hydrogen-bond acceptors (Lipinski definition) is 6. The van der Waals surface area contributed by atoms with Gasteiger partial charge in [0.1, 0.15) is 11.5 Å². The second-order valence-corrected chi connectivity index (χ2v) is 7.35. The van der Waals surface area contributed by atoms with Crippen molar-refractivity contribution in [2.75, 3.05) is 11.9 Å². The summed E-state index contributed by atoms with van der Waals surface area (Å²) in [5.74, 6) is 1.85. The van der Waals surface area contributed by atoms with E-state index in [1.807, 2.05) is 54.6 Å². The number of nitrogens with one attached hydrogen (secondary N) is 1. The fourth-order valence-electron chi connectivity index (χ4n) is 3.12. The van der Waals surface area contributed by atoms with Crippen LogP contribution in [0.5, 0.6) is 11.5 Å². The lowest BCUT2D eigenvalue weighted by Crippen LogP contribution is -2.13. The number of nitrogens with zero attached hydrogens (tertiary/aromatic N) is 2. The number of aromatic nitrogens is 2. The van der Waals surface area contributed by atoms with E-state index in [1.165, 1.54) is 0 Å². The molecule has 0 bridgehead atoms. The lowest BCUT2D eigenvalue weighted by atomic mass is 10.1. The van der Waals surface area contributed by atoms with Gasteiger partial charge in [-0.05, 0) is 48.9 Å². The highest BCUT2D eigenvalue weighted by Crippen LogP contribution is 2.27. The molecule has 0 atom stereocenters. The van der Waals surface area contributed by atoms with E-state index in [2.05, 4.69) is 22.4 Å². The fourth-order valence-corrected chi connectivity index (χ4v) is 3.12. The number of carbonyl (C=O) groups is 1. The van der Waals surface area contributed by atoms with Crippen molar-refractivity contribution in [2.45, 2.75) is 26.4 Å². The van der Waals surface area contributed by atoms with E-state index in [1.54, 1.807) is 24.3 Å². The molecule has 7 heteroatoms. The third kappa shape index (κ3) is 5.98. The SMILES string of the molecule is CCCCOc1cccc(C(=O)Nc2ccccc2-c2nc(COc3ccccc3)no2)c1. The highest BCUT2D eigenvalue weighted by molar-refractivity contribution is 6.06. The summed E-state index contributed by atoms with van der Waals surface area (Å²) in [5.41, 5.74) is 1.69. The summed E-state index contributed by atoms with van der Waals surface area (Å²) in [4.78, 5) is 17.3. The molecule has 1 heterocycles. The Labute approximate surface area is 192 Å². The summed E-state index contributed by atoms with van der Waals surface area (Å²) in [5, 5.41) is 6.93. The molecular formula is C26H25N3O4. The quantitative estimate of drug-likeness (QED) is 0.314. The number of hydrogen-bond donors (Lipinski definition) is 1. The molecule has 0 spiro atoms. The van der Waals surface area contributed by atoms with Crippen molar-refractivity contribution in [3.05, 3.63) is 90.3 Å². The predicted octanol–water partition coefficient (Wildman–Crippen LogP) is 5.75. The summed E-state index contributed by atoms with van der Waals surface area (Å²) in [6.45, 7) is 2.90. The molecule has 0 saturated heterocycles. The fraction of sp³-hybridized carbons (Fsp3) is 0.192. The molecule has 0 radical (unpaired) electrons. The summed E-state index contributed by atoms with van der Waals surface area (Å²) < 4.78 is 16.8. The number of carbonyl (C=O) groups excluding carboxylic acids is 1. The van der Waals surface area contributed by atoms with Crippen molar-refractivity contribution in [2.24, 2.45) is 0 Å². The van der Waals surface area contributed by atoms with Crippen LogP contribution in [0.15, 0.2) is 83.4 Å². The van der Waals surface area contributed by atoms with Gasteiger partial charge in [0.15, 0.2) is 6.61 Å². The van der Waals surface area contributed by atoms with Crippen LogP contribution in [-0.2, 0) is 6.61 Å². The maximum atomic E-state index is 12.9. The van der Waals surface area contributed by atoms with E-state index in [0.29, 0.717) is 40.9 Å². The number of ether oxygens (including phenoxy) is 2. The molecule has 4 aromatic rings. The Morgan fingerprint density at radius 1 is 0.939 bits per heavy atom. The van der Waals surface area contributed by atoms with Crippen LogP contribution in [0.4, 0.5) is 5.69 Å². The van der Waals surface area contributed by atoms with Crippen LogP contribution in [0, 0.1) is 0 Å². The normalized spacial score (nSPS) is 10.6. The van der Waals surface area contributed by atoms with Crippen molar-refractivity contribution in [3.8, 4) is 23.0 Å². The zero-order valence-electron chi connectivity index (χ0n) is 18.4. The Balaban J connectivity index is 1.45. The maximum absolute atomic E-state index is 12.9. The molecule has 0 aliphatic heterocycles. The molecule has 168 valence electrons. The van der Waals surface area contributed by atoms with Crippen molar-refractivity contribution >= 4 is 11.6 Å². The van der Waals surface area contributed by atoms with E-state index >= 15 is 0 Å². The molecule has 33 heavy (non-hydrogen) atoms. The highest BCUT2D eigenvalue weighted by atomic mass is 16.5. The lowest BCUT2D eigenvalue weighted by Gasteiger charge is -2.10. The number of para-hydroxylation sites is 2. The van der Waals surface area contributed by atoms with Crippen molar-refractivity contribution in [1.82, 2.24) is 10.1 Å². The Kier molecular flexibility index (Phi) is 7.33. The third-order valence-corrected chi connectivity index (χ3v) is 4.85. The molecule has 1 N–H and O–H groups in total. The Morgan fingerprint density at radius 3 is 2.58 bits per heavy atom. The monoisotopic (exact) mass is 443 g/mol. The van der Waals surface area contributed by atoms with Gasteiger partial charge in [0.05, 0.1) is 17.9 Å². The summed E-state index contributed by atoms with van der Waals surface area (Å²) >= 11 is 0. The number of benzene rings is 3. The van der Waals surface area contributed by atoms with Crippen LogP contribution >= 0.6 is 0 Å². The molecule has 3 aromatic carbocycles. The van der Waals surface area contributed by atoms with E-state index in [9.17, 15) is 4.79 Å². The second-order valence-electron chi connectivity index (χ2n) is 7.35. The van der Waals surface area contributed by atoms with Gasteiger partial charge >= 0.3 is 0 Å². The zero-order chi connectivity index (χ0) is 22.9. The van der Waals surface area contributed by atoms with Gasteiger partial charge < -0.3 is 19.3 Å². The molecule has 1 amide bonds. The Hall–Kier alpha value is -4.13. The van der Waals surface area contributed by atoms with Gasteiger partial charge in [-0.2, -0.15) is 4.98 Å². The van der Waals surface area contributed by atoms with Gasteiger partial charge in [0.25, 0.3) is 11.8 Å². The van der Waals surface area contributed by atoms with E-state index in [4.69, 9.17) is 14.0 Å². The molecule has 0 aliphatic rings. The third-order valence-electron chi connectivity index (χ3n) is 4.85. The number of rotatable bonds is 10. The first-order chi connectivity index (χ1) is 16.2. The van der Waals surface area contributed by atoms with Crippen LogP contribution in [0.3, 0.4) is 0 Å². The average molecular weight is 444 g/mol. The Morgan fingerprint density at radius 2 is 1.73 bits per heavy atom. The van der Waals surface area contributed by atoms with E-state index < -0.39 is 0 Å². The number of anilines is 1. The topological polar surface area (TPSA) is 86.5 Å². The van der Waals surface area contributed by atoms with Gasteiger partial charge in [0, 0.05) is 5.56 Å². The highest BCUT2D eigenvalue weighted by Gasteiger charge is 2.16. The maximum Gasteiger partial charge on any atom is 0.260 e. The molecule has 1 aromatic heterocycles. The van der Waals surface area contributed by atoms with Gasteiger partial charge in [-0.15, -0.1) is 0 Å². The van der Waals surface area contributed by atoms with E-state index in [-0.39, 0.29) is 12.5 Å². The standard InChI is InChI=1S/C26H25N3O4/c1-2-3-16-31-21-13-9-10-19(17-21)25(30)27-23-15-8-7-14-22(23)26-28-24(29-33-26)18-32-20-11-5-4-6-12-20/h4-15,17H,2-3,16,18H2,1H3,(H,27,30). The minimum atomic E-state index is -0.254.